The molecule has 0 aromatic rings. The number of carbonyl (C=O) groups excluding carboxylic acids is 5. The lowest BCUT2D eigenvalue weighted by Crippen LogP contribution is -2.61. The molecule has 8 atom stereocenters. The molecule has 4 aliphatic rings. The van der Waals surface area contributed by atoms with Gasteiger partial charge in [-0.05, 0) is 74.2 Å². The molecular formula is C39H62N6O6. The van der Waals surface area contributed by atoms with E-state index in [0.717, 1.165) is 24.8 Å². The van der Waals surface area contributed by atoms with E-state index in [0.29, 0.717) is 39.1 Å². The summed E-state index contributed by atoms with van der Waals surface area (Å²) in [4.78, 5) is 69.3. The summed E-state index contributed by atoms with van der Waals surface area (Å²) < 4.78 is 5.82. The highest BCUT2D eigenvalue weighted by Crippen LogP contribution is 2.39. The number of nitrogens with zero attached hydrogens (tertiary/aromatic N) is 1. The number of allylic oxidation sites excluding steroid dienone is 5. The third kappa shape index (κ3) is 10.5. The van der Waals surface area contributed by atoms with E-state index in [4.69, 9.17) is 10.5 Å². The van der Waals surface area contributed by atoms with Gasteiger partial charge < -0.3 is 31.3 Å². The summed E-state index contributed by atoms with van der Waals surface area (Å²) in [5.74, 6) is -2.46. The van der Waals surface area contributed by atoms with Crippen LogP contribution in [0, 0.1) is 41.4 Å². The van der Waals surface area contributed by atoms with E-state index in [1.54, 1.807) is 4.90 Å². The van der Waals surface area contributed by atoms with Crippen molar-refractivity contribution in [1.82, 2.24) is 26.2 Å². The number of nitrogens with two attached hydrogens (primary N) is 1. The van der Waals surface area contributed by atoms with E-state index < -0.39 is 41.8 Å². The lowest BCUT2D eigenvalue weighted by atomic mass is 9.73. The number of fused-ring (bicyclic) bond motifs is 2. The van der Waals surface area contributed by atoms with Crippen LogP contribution in [0.3, 0.4) is 0 Å². The number of Topliss-reactive ketones (excluding diaryl/α,β-unsaturated/α-hetero) is 1. The van der Waals surface area contributed by atoms with Crippen molar-refractivity contribution in [2.45, 2.75) is 117 Å². The SMILES string of the molecule is CC(C)NCOC[C@@H](NC(=O)N[C@H](C(=O)N1CC[C@H](C(C)C)C1C(=O)NC(CC1CCC1)C(=O)C(N)=O)C1C=C2C=CC=CC(C1)C2C)C(C)C. The molecule has 284 valence electrons. The molecule has 1 saturated heterocycles. The van der Waals surface area contributed by atoms with Crippen LogP contribution in [0.4, 0.5) is 4.79 Å². The molecule has 0 radical (unpaired) electrons. The van der Waals surface area contributed by atoms with Gasteiger partial charge in [0.2, 0.25) is 17.6 Å². The molecular weight excluding hydrogens is 648 g/mol. The number of amides is 5. The standard InChI is InChI=1S/C39H62N6O6/c1-22(2)30-15-16-45(34(30)37(48)42-31(35(46)36(40)47)17-26-11-10-12-26)38(49)33(29-18-27-13-8-9-14-28(19-29)25(27)7)44-39(50)43-32(23(3)4)20-51-21-41-24(5)6/h8-9,13-14,18,22-26,28-34,41H,10-12,15-17,19-21H2,1-7H3,(H2,40,47)(H,42,48)(H2,43,44,50)/t25?,28?,29?,30-,31?,32-,33+,34?/m1/s1. The van der Waals surface area contributed by atoms with E-state index in [2.05, 4.69) is 46.4 Å². The lowest BCUT2D eigenvalue weighted by molar-refractivity contribution is -0.144. The molecule has 0 aromatic heterocycles. The molecule has 0 spiro atoms. The van der Waals surface area contributed by atoms with Gasteiger partial charge in [-0.1, -0.05) is 84.3 Å². The highest BCUT2D eigenvalue weighted by atomic mass is 16.5. The monoisotopic (exact) mass is 710 g/mol. The molecule has 2 fully saturated rings. The zero-order valence-electron chi connectivity index (χ0n) is 31.7. The Kier molecular flexibility index (Phi) is 14.5. The molecule has 5 amide bonds. The summed E-state index contributed by atoms with van der Waals surface area (Å²) in [5, 5.41) is 12.2. The fourth-order valence-corrected chi connectivity index (χ4v) is 7.80. The van der Waals surface area contributed by atoms with Crippen LogP contribution < -0.4 is 27.0 Å². The minimum Gasteiger partial charge on any atom is -0.364 e. The van der Waals surface area contributed by atoms with Crippen molar-refractivity contribution in [2.24, 2.45) is 47.2 Å². The van der Waals surface area contributed by atoms with E-state index in [-0.39, 0.29) is 59.4 Å². The predicted molar refractivity (Wildman–Crippen MR) is 197 cm³/mol. The topological polar surface area (TPSA) is 172 Å². The van der Waals surface area contributed by atoms with Gasteiger partial charge >= 0.3 is 6.03 Å². The van der Waals surface area contributed by atoms with Gasteiger partial charge in [0.05, 0.1) is 25.4 Å². The number of ether oxygens (including phenoxy) is 1. The number of nitrogens with one attached hydrogen (secondary N) is 4. The maximum Gasteiger partial charge on any atom is 0.315 e. The second-order valence-corrected chi connectivity index (χ2v) is 16.1. The fraction of sp³-hybridized carbons (Fsp3) is 0.718. The largest absolute Gasteiger partial charge is 0.364 e. The van der Waals surface area contributed by atoms with Gasteiger partial charge in [-0.2, -0.15) is 0 Å². The molecule has 1 aliphatic heterocycles. The van der Waals surface area contributed by atoms with Gasteiger partial charge in [-0.3, -0.25) is 24.5 Å². The minimum absolute atomic E-state index is 0.0537. The Morgan fingerprint density at radius 2 is 1.71 bits per heavy atom. The summed E-state index contributed by atoms with van der Waals surface area (Å²) in [7, 11) is 0. The van der Waals surface area contributed by atoms with Crippen LogP contribution in [0.2, 0.25) is 0 Å². The van der Waals surface area contributed by atoms with Crippen LogP contribution in [0.1, 0.15) is 87.0 Å². The second kappa shape index (κ2) is 18.3. The van der Waals surface area contributed by atoms with Crippen molar-refractivity contribution < 1.29 is 28.7 Å². The van der Waals surface area contributed by atoms with E-state index in [1.807, 2.05) is 53.7 Å². The van der Waals surface area contributed by atoms with Crippen molar-refractivity contribution in [3.05, 3.63) is 36.0 Å². The molecule has 6 N–H and O–H groups in total. The Bertz CT molecular complexity index is 1350. The number of rotatable bonds is 17. The first-order valence-corrected chi connectivity index (χ1v) is 19.1. The highest BCUT2D eigenvalue weighted by Gasteiger charge is 2.48. The Morgan fingerprint density at radius 3 is 2.31 bits per heavy atom. The van der Waals surface area contributed by atoms with Gasteiger partial charge in [0, 0.05) is 18.5 Å². The third-order valence-corrected chi connectivity index (χ3v) is 11.4. The Hall–Kier alpha value is -3.51. The van der Waals surface area contributed by atoms with Gasteiger partial charge in [0.15, 0.2) is 0 Å². The summed E-state index contributed by atoms with van der Waals surface area (Å²) in [5.41, 5.74) is 6.51. The number of ketones is 1. The molecule has 12 heteroatoms. The number of likely N-dealkylation sites (tertiary alicyclic amines) is 1. The van der Waals surface area contributed by atoms with Crippen molar-refractivity contribution in [1.29, 1.82) is 0 Å². The van der Waals surface area contributed by atoms with Crippen molar-refractivity contribution in [3.8, 4) is 0 Å². The quantitative estimate of drug-likeness (QED) is 0.0873. The predicted octanol–water partition coefficient (Wildman–Crippen LogP) is 3.58. The fourth-order valence-electron chi connectivity index (χ4n) is 7.80. The van der Waals surface area contributed by atoms with Crippen molar-refractivity contribution in [3.63, 3.8) is 0 Å². The number of hydrogen-bond donors (Lipinski definition) is 5. The molecule has 12 nitrogen and oxygen atoms in total. The first-order valence-electron chi connectivity index (χ1n) is 19.1. The van der Waals surface area contributed by atoms with Crippen molar-refractivity contribution in [2.75, 3.05) is 19.9 Å². The van der Waals surface area contributed by atoms with E-state index in [9.17, 15) is 24.0 Å². The summed E-state index contributed by atoms with van der Waals surface area (Å²) in [6.45, 7) is 15.2. The maximum absolute atomic E-state index is 14.9. The number of urea groups is 1. The third-order valence-electron chi connectivity index (χ3n) is 11.4. The highest BCUT2D eigenvalue weighted by molar-refractivity contribution is 6.37. The molecule has 51 heavy (non-hydrogen) atoms. The Balaban J connectivity index is 1.61. The summed E-state index contributed by atoms with van der Waals surface area (Å²) in [6.07, 6.45) is 14.8. The smallest absolute Gasteiger partial charge is 0.315 e. The van der Waals surface area contributed by atoms with Crippen LogP contribution in [0.25, 0.3) is 0 Å². The normalized spacial score (nSPS) is 26.3. The Labute approximate surface area is 304 Å². The second-order valence-electron chi connectivity index (χ2n) is 16.1. The molecule has 0 aromatic carbocycles. The maximum atomic E-state index is 14.9. The van der Waals surface area contributed by atoms with Gasteiger partial charge in [0.25, 0.3) is 5.91 Å². The van der Waals surface area contributed by atoms with Crippen LogP contribution in [-0.2, 0) is 23.9 Å². The number of primary amides is 1. The number of hydrogen-bond acceptors (Lipinski definition) is 7. The van der Waals surface area contributed by atoms with Crippen LogP contribution in [-0.4, -0.2) is 84.5 Å². The first-order chi connectivity index (χ1) is 24.2. The molecule has 3 aliphatic carbocycles. The first kappa shape index (κ1) is 40.3. The lowest BCUT2D eigenvalue weighted by Gasteiger charge is -2.38. The zero-order valence-corrected chi connectivity index (χ0v) is 31.7. The minimum atomic E-state index is -1.08. The van der Waals surface area contributed by atoms with E-state index >= 15 is 0 Å². The molecule has 4 rings (SSSR count). The van der Waals surface area contributed by atoms with Gasteiger partial charge in [0.1, 0.15) is 12.1 Å². The summed E-state index contributed by atoms with van der Waals surface area (Å²) in [6, 6.07) is -3.40. The average Bonchev–Trinajstić information content (AvgIpc) is 3.47. The van der Waals surface area contributed by atoms with Gasteiger partial charge in [-0.25, -0.2) is 4.79 Å². The zero-order chi connectivity index (χ0) is 37.4. The molecule has 5 unspecified atom stereocenters. The summed E-state index contributed by atoms with van der Waals surface area (Å²) >= 11 is 0. The number of carbonyl (C=O) groups is 5. The molecule has 2 bridgehead atoms. The van der Waals surface area contributed by atoms with Crippen LogP contribution in [0.5, 0.6) is 0 Å². The molecule has 1 saturated carbocycles. The van der Waals surface area contributed by atoms with Crippen LogP contribution >= 0.6 is 0 Å². The van der Waals surface area contributed by atoms with Crippen molar-refractivity contribution >= 4 is 29.5 Å². The Morgan fingerprint density at radius 1 is 0.980 bits per heavy atom. The average molecular weight is 711 g/mol. The van der Waals surface area contributed by atoms with E-state index in [1.165, 1.54) is 0 Å². The van der Waals surface area contributed by atoms with Crippen LogP contribution in [0.15, 0.2) is 36.0 Å². The van der Waals surface area contributed by atoms with Gasteiger partial charge in [-0.15, -0.1) is 0 Å². The molecule has 1 heterocycles.